The van der Waals surface area contributed by atoms with Gasteiger partial charge in [0.15, 0.2) is 0 Å². The Balaban J connectivity index is 2.61. The first-order valence-electron chi connectivity index (χ1n) is 8.55. The summed E-state index contributed by atoms with van der Waals surface area (Å²) < 4.78 is 0. The van der Waals surface area contributed by atoms with Crippen molar-refractivity contribution >= 4 is 0 Å². The van der Waals surface area contributed by atoms with Crippen molar-refractivity contribution in [1.29, 1.82) is 0 Å². The predicted molar refractivity (Wildman–Crippen MR) is 85.6 cm³/mol. The molecule has 0 aromatic carbocycles. The van der Waals surface area contributed by atoms with Gasteiger partial charge in [-0.15, -0.1) is 0 Å². The quantitative estimate of drug-likeness (QED) is 0.682. The number of rotatable bonds is 9. The van der Waals surface area contributed by atoms with Crippen LogP contribution >= 0.6 is 0 Å². The van der Waals surface area contributed by atoms with Crippen LogP contribution in [0.2, 0.25) is 0 Å². The van der Waals surface area contributed by atoms with Gasteiger partial charge in [-0.1, -0.05) is 53.9 Å². The van der Waals surface area contributed by atoms with E-state index in [0.29, 0.717) is 6.04 Å². The maximum Gasteiger partial charge on any atom is 0.0220 e. The average molecular weight is 268 g/mol. The summed E-state index contributed by atoms with van der Waals surface area (Å²) in [5.41, 5.74) is 0. The first-order valence-corrected chi connectivity index (χ1v) is 8.55. The molecule has 0 aromatic heterocycles. The molecule has 1 aliphatic carbocycles. The van der Waals surface area contributed by atoms with E-state index in [1.54, 1.807) is 0 Å². The third kappa shape index (κ3) is 5.83. The van der Waals surface area contributed by atoms with Gasteiger partial charge in [0.05, 0.1) is 0 Å². The maximum absolute atomic E-state index is 3.72. The van der Waals surface area contributed by atoms with Crippen LogP contribution in [0.25, 0.3) is 0 Å². The van der Waals surface area contributed by atoms with E-state index in [9.17, 15) is 0 Å². The van der Waals surface area contributed by atoms with Crippen molar-refractivity contribution in [1.82, 2.24) is 10.2 Å². The topological polar surface area (TPSA) is 15.3 Å². The smallest absolute Gasteiger partial charge is 0.0220 e. The van der Waals surface area contributed by atoms with E-state index in [4.69, 9.17) is 0 Å². The fourth-order valence-electron chi connectivity index (χ4n) is 3.36. The highest BCUT2D eigenvalue weighted by atomic mass is 15.2. The molecule has 0 radical (unpaired) electrons. The largest absolute Gasteiger partial charge is 0.313 e. The van der Waals surface area contributed by atoms with E-state index >= 15 is 0 Å². The number of hydrogen-bond acceptors (Lipinski definition) is 2. The molecular weight excluding hydrogens is 232 g/mol. The van der Waals surface area contributed by atoms with Crippen LogP contribution in [-0.2, 0) is 0 Å². The third-order valence-electron chi connectivity index (χ3n) is 4.67. The molecule has 0 aromatic rings. The van der Waals surface area contributed by atoms with Gasteiger partial charge in [-0.05, 0) is 31.2 Å². The molecular formula is C17H36N2. The Hall–Kier alpha value is -0.0800. The fourth-order valence-corrected chi connectivity index (χ4v) is 3.36. The molecule has 2 unspecified atom stereocenters. The molecule has 0 aliphatic heterocycles. The minimum atomic E-state index is 0.661. The van der Waals surface area contributed by atoms with Crippen molar-refractivity contribution in [3.05, 3.63) is 0 Å². The molecule has 1 saturated carbocycles. The SMILES string of the molecule is CCNC(CN(CC(C)C)C1CCCC1)C(C)CC. The van der Waals surface area contributed by atoms with E-state index in [1.807, 2.05) is 0 Å². The Kier molecular flexibility index (Phi) is 8.01. The lowest BCUT2D eigenvalue weighted by Crippen LogP contribution is -2.48. The zero-order chi connectivity index (χ0) is 14.3. The minimum absolute atomic E-state index is 0.661. The van der Waals surface area contributed by atoms with Crippen LogP contribution in [-0.4, -0.2) is 36.6 Å². The Morgan fingerprint density at radius 2 is 1.68 bits per heavy atom. The van der Waals surface area contributed by atoms with Gasteiger partial charge in [0, 0.05) is 25.2 Å². The number of nitrogens with zero attached hydrogens (tertiary/aromatic N) is 1. The molecule has 2 nitrogen and oxygen atoms in total. The summed E-state index contributed by atoms with van der Waals surface area (Å²) in [6, 6.07) is 1.52. The highest BCUT2D eigenvalue weighted by molar-refractivity contribution is 4.83. The summed E-state index contributed by atoms with van der Waals surface area (Å²) in [5, 5.41) is 3.72. The molecule has 1 rings (SSSR count). The summed E-state index contributed by atoms with van der Waals surface area (Å²) in [4.78, 5) is 2.79. The Bertz CT molecular complexity index is 221. The molecule has 0 saturated heterocycles. The monoisotopic (exact) mass is 268 g/mol. The molecule has 1 N–H and O–H groups in total. The van der Waals surface area contributed by atoms with Gasteiger partial charge in [0.1, 0.15) is 0 Å². The number of nitrogens with one attached hydrogen (secondary N) is 1. The normalized spacial score (nSPS) is 20.4. The van der Waals surface area contributed by atoms with Gasteiger partial charge in [0.2, 0.25) is 0 Å². The summed E-state index contributed by atoms with van der Waals surface area (Å²) >= 11 is 0. The van der Waals surface area contributed by atoms with Crippen molar-refractivity contribution in [2.75, 3.05) is 19.6 Å². The summed E-state index contributed by atoms with van der Waals surface area (Å²) in [6.45, 7) is 15.3. The third-order valence-corrected chi connectivity index (χ3v) is 4.67. The van der Waals surface area contributed by atoms with E-state index in [1.165, 1.54) is 45.2 Å². The lowest BCUT2D eigenvalue weighted by atomic mass is 9.97. The minimum Gasteiger partial charge on any atom is -0.313 e. The second kappa shape index (κ2) is 8.97. The first kappa shape index (κ1) is 17.0. The Morgan fingerprint density at radius 1 is 1.05 bits per heavy atom. The van der Waals surface area contributed by atoms with Crippen LogP contribution in [0.3, 0.4) is 0 Å². The summed E-state index contributed by atoms with van der Waals surface area (Å²) in [7, 11) is 0. The van der Waals surface area contributed by atoms with Crippen LogP contribution in [0.5, 0.6) is 0 Å². The van der Waals surface area contributed by atoms with Crippen LogP contribution in [0, 0.1) is 11.8 Å². The Morgan fingerprint density at radius 3 is 2.16 bits per heavy atom. The van der Waals surface area contributed by atoms with Crippen molar-refractivity contribution in [2.24, 2.45) is 11.8 Å². The van der Waals surface area contributed by atoms with E-state index < -0.39 is 0 Å². The maximum atomic E-state index is 3.72. The molecule has 1 aliphatic rings. The molecule has 0 spiro atoms. The summed E-state index contributed by atoms with van der Waals surface area (Å²) in [5.74, 6) is 1.55. The van der Waals surface area contributed by atoms with Gasteiger partial charge in [-0.3, -0.25) is 4.90 Å². The van der Waals surface area contributed by atoms with Gasteiger partial charge < -0.3 is 5.32 Å². The van der Waals surface area contributed by atoms with Gasteiger partial charge >= 0.3 is 0 Å². The molecule has 19 heavy (non-hydrogen) atoms. The van der Waals surface area contributed by atoms with Crippen molar-refractivity contribution in [2.45, 2.75) is 78.8 Å². The average Bonchev–Trinajstić information content (AvgIpc) is 2.89. The van der Waals surface area contributed by atoms with Crippen molar-refractivity contribution in [3.8, 4) is 0 Å². The molecule has 0 bridgehead atoms. The van der Waals surface area contributed by atoms with Gasteiger partial charge in [0.25, 0.3) is 0 Å². The van der Waals surface area contributed by atoms with Crippen molar-refractivity contribution < 1.29 is 0 Å². The van der Waals surface area contributed by atoms with E-state index in [2.05, 4.69) is 44.8 Å². The van der Waals surface area contributed by atoms with Gasteiger partial charge in [-0.25, -0.2) is 0 Å². The molecule has 2 heteroatoms. The van der Waals surface area contributed by atoms with Crippen LogP contribution < -0.4 is 5.32 Å². The number of hydrogen-bond donors (Lipinski definition) is 1. The molecule has 0 heterocycles. The molecule has 114 valence electrons. The summed E-state index contributed by atoms with van der Waals surface area (Å²) in [6.07, 6.45) is 7.00. The predicted octanol–water partition coefficient (Wildman–Crippen LogP) is 3.91. The highest BCUT2D eigenvalue weighted by Crippen LogP contribution is 2.25. The zero-order valence-electron chi connectivity index (χ0n) is 13.9. The zero-order valence-corrected chi connectivity index (χ0v) is 13.9. The van der Waals surface area contributed by atoms with E-state index in [-0.39, 0.29) is 0 Å². The Labute approximate surface area is 121 Å². The molecule has 2 atom stereocenters. The molecule has 0 amide bonds. The second-order valence-corrected chi connectivity index (χ2v) is 6.84. The van der Waals surface area contributed by atoms with Crippen molar-refractivity contribution in [3.63, 3.8) is 0 Å². The van der Waals surface area contributed by atoms with Crippen LogP contribution in [0.1, 0.15) is 66.7 Å². The van der Waals surface area contributed by atoms with Gasteiger partial charge in [-0.2, -0.15) is 0 Å². The van der Waals surface area contributed by atoms with Crippen LogP contribution in [0.4, 0.5) is 0 Å². The standard InChI is InChI=1S/C17H36N2/c1-6-15(5)17(18-7-2)13-19(12-14(3)4)16-10-8-9-11-16/h14-18H,6-13H2,1-5H3. The highest BCUT2D eigenvalue weighted by Gasteiger charge is 2.26. The lowest BCUT2D eigenvalue weighted by molar-refractivity contribution is 0.143. The first-order chi connectivity index (χ1) is 9.08. The second-order valence-electron chi connectivity index (χ2n) is 6.84. The molecule has 1 fully saturated rings. The van der Waals surface area contributed by atoms with Crippen LogP contribution in [0.15, 0.2) is 0 Å². The number of likely N-dealkylation sites (N-methyl/N-ethyl adjacent to an activating group) is 1. The fraction of sp³-hybridized carbons (Fsp3) is 1.00. The lowest BCUT2D eigenvalue weighted by Gasteiger charge is -2.36. The van der Waals surface area contributed by atoms with E-state index in [0.717, 1.165) is 24.4 Å².